The van der Waals surface area contributed by atoms with Crippen LogP contribution in [0, 0.1) is 25.7 Å². The average Bonchev–Trinajstić information content (AvgIpc) is 2.57. The van der Waals surface area contributed by atoms with Crippen molar-refractivity contribution >= 4 is 17.7 Å². The maximum Gasteiger partial charge on any atom is 0.258 e. The van der Waals surface area contributed by atoms with E-state index in [1.165, 1.54) is 18.2 Å². The number of hydrogen-bond acceptors (Lipinski definition) is 4. The van der Waals surface area contributed by atoms with Crippen molar-refractivity contribution in [2.24, 2.45) is 11.8 Å². The Morgan fingerprint density at radius 2 is 1.95 bits per heavy atom. The van der Waals surface area contributed by atoms with Crippen molar-refractivity contribution in [3.63, 3.8) is 0 Å². The summed E-state index contributed by atoms with van der Waals surface area (Å²) in [6.45, 7) is 9.96. The Hall–Kier alpha value is -1.10. The van der Waals surface area contributed by atoms with Gasteiger partial charge in [-0.25, -0.2) is 9.97 Å². The van der Waals surface area contributed by atoms with Gasteiger partial charge in [0.25, 0.3) is 5.91 Å². The molecule has 0 N–H and O–H groups in total. The topological polar surface area (TPSA) is 46.1 Å². The van der Waals surface area contributed by atoms with Crippen LogP contribution in [0.4, 0.5) is 0 Å². The lowest BCUT2D eigenvalue weighted by molar-refractivity contribution is 0.0738. The lowest BCUT2D eigenvalue weighted by Crippen LogP contribution is -2.35. The quantitative estimate of drug-likeness (QED) is 0.621. The van der Waals surface area contributed by atoms with Gasteiger partial charge in [0.15, 0.2) is 0 Å². The second-order valence-electron chi connectivity index (χ2n) is 6.23. The molecule has 5 heteroatoms. The van der Waals surface area contributed by atoms with Gasteiger partial charge in [-0.1, -0.05) is 13.8 Å². The lowest BCUT2D eigenvalue weighted by Gasteiger charge is -2.24. The Balaban J connectivity index is 2.31. The Bertz CT molecular complexity index is 532. The van der Waals surface area contributed by atoms with Crippen LogP contribution in [0.3, 0.4) is 0 Å². The summed E-state index contributed by atoms with van der Waals surface area (Å²) in [5, 5.41) is 0.801. The smallest absolute Gasteiger partial charge is 0.258 e. The standard InChI is InChI=1S/C16H25N3OS/c1-10-6-7-19(9-11(2)8-10)16(20)14-12(3)17-13(4)18-15(14)21-5/h10-11H,6-9H2,1-5H3/t10-,11-/m1/s1. The molecule has 4 nitrogen and oxygen atoms in total. The molecule has 1 saturated heterocycles. The molecular formula is C16H25N3OS. The van der Waals surface area contributed by atoms with E-state index in [1.54, 1.807) is 0 Å². The minimum atomic E-state index is 0.0952. The number of rotatable bonds is 2. The number of amides is 1. The summed E-state index contributed by atoms with van der Waals surface area (Å²) in [5.41, 5.74) is 1.48. The largest absolute Gasteiger partial charge is 0.338 e. The van der Waals surface area contributed by atoms with Gasteiger partial charge in [0.2, 0.25) is 0 Å². The first-order valence-electron chi connectivity index (χ1n) is 7.60. The van der Waals surface area contributed by atoms with Crippen LogP contribution in [0.15, 0.2) is 5.03 Å². The van der Waals surface area contributed by atoms with Crippen molar-refractivity contribution in [1.29, 1.82) is 0 Å². The highest BCUT2D eigenvalue weighted by Crippen LogP contribution is 2.26. The number of carbonyl (C=O) groups excluding carboxylic acids is 1. The van der Waals surface area contributed by atoms with Crippen molar-refractivity contribution in [3.8, 4) is 0 Å². The van der Waals surface area contributed by atoms with E-state index < -0.39 is 0 Å². The molecular weight excluding hydrogens is 282 g/mol. The Labute approximate surface area is 131 Å². The molecule has 2 atom stereocenters. The second kappa shape index (κ2) is 6.77. The van der Waals surface area contributed by atoms with Gasteiger partial charge in [-0.3, -0.25) is 4.79 Å². The van der Waals surface area contributed by atoms with Crippen molar-refractivity contribution in [2.75, 3.05) is 19.3 Å². The molecule has 0 saturated carbocycles. The van der Waals surface area contributed by atoms with Crippen LogP contribution < -0.4 is 0 Å². The molecule has 0 unspecified atom stereocenters. The summed E-state index contributed by atoms with van der Waals surface area (Å²) in [7, 11) is 0. The second-order valence-corrected chi connectivity index (χ2v) is 7.02. The fourth-order valence-electron chi connectivity index (χ4n) is 3.14. The van der Waals surface area contributed by atoms with Crippen molar-refractivity contribution in [1.82, 2.24) is 14.9 Å². The van der Waals surface area contributed by atoms with Crippen LogP contribution in [-0.2, 0) is 0 Å². The van der Waals surface area contributed by atoms with Gasteiger partial charge in [-0.05, 0) is 44.8 Å². The highest BCUT2D eigenvalue weighted by atomic mass is 32.2. The van der Waals surface area contributed by atoms with E-state index in [0.29, 0.717) is 17.4 Å². The van der Waals surface area contributed by atoms with E-state index >= 15 is 0 Å². The minimum Gasteiger partial charge on any atom is -0.338 e. The lowest BCUT2D eigenvalue weighted by atomic mass is 9.97. The first kappa shape index (κ1) is 16.3. The molecule has 0 aromatic carbocycles. The zero-order chi connectivity index (χ0) is 15.6. The summed E-state index contributed by atoms with van der Waals surface area (Å²) < 4.78 is 0. The van der Waals surface area contributed by atoms with Gasteiger partial charge in [0, 0.05) is 13.1 Å². The number of likely N-dealkylation sites (tertiary alicyclic amines) is 1. The van der Waals surface area contributed by atoms with Crippen LogP contribution in [0.1, 0.15) is 48.6 Å². The number of hydrogen-bond donors (Lipinski definition) is 0. The zero-order valence-electron chi connectivity index (χ0n) is 13.6. The number of nitrogens with zero attached hydrogens (tertiary/aromatic N) is 3. The molecule has 1 aromatic heterocycles. The van der Waals surface area contributed by atoms with Gasteiger partial charge in [-0.2, -0.15) is 0 Å². The molecule has 1 aromatic rings. The normalized spacial score (nSPS) is 23.0. The Morgan fingerprint density at radius 1 is 1.24 bits per heavy atom. The van der Waals surface area contributed by atoms with Crippen LogP contribution in [0.5, 0.6) is 0 Å². The summed E-state index contributed by atoms with van der Waals surface area (Å²) in [6, 6.07) is 0. The van der Waals surface area contributed by atoms with Crippen molar-refractivity contribution in [2.45, 2.75) is 45.6 Å². The van der Waals surface area contributed by atoms with Crippen LogP contribution in [0.2, 0.25) is 0 Å². The van der Waals surface area contributed by atoms with Crippen molar-refractivity contribution < 1.29 is 4.79 Å². The van der Waals surface area contributed by atoms with Gasteiger partial charge in [0.1, 0.15) is 10.9 Å². The Kier molecular flexibility index (Phi) is 5.25. The molecule has 116 valence electrons. The highest BCUT2D eigenvalue weighted by molar-refractivity contribution is 7.98. The number of aryl methyl sites for hydroxylation is 2. The molecule has 1 fully saturated rings. The molecule has 2 heterocycles. The third kappa shape index (κ3) is 3.76. The molecule has 2 rings (SSSR count). The average molecular weight is 307 g/mol. The van der Waals surface area contributed by atoms with E-state index in [9.17, 15) is 4.79 Å². The monoisotopic (exact) mass is 307 g/mol. The van der Waals surface area contributed by atoms with E-state index in [1.807, 2.05) is 25.0 Å². The van der Waals surface area contributed by atoms with Gasteiger partial charge < -0.3 is 4.90 Å². The maximum absolute atomic E-state index is 12.9. The fraction of sp³-hybridized carbons (Fsp3) is 0.688. The van der Waals surface area contributed by atoms with Gasteiger partial charge in [0.05, 0.1) is 11.3 Å². The fourth-order valence-corrected chi connectivity index (χ4v) is 3.80. The molecule has 0 radical (unpaired) electrons. The SMILES string of the molecule is CSc1nc(C)nc(C)c1C(=O)N1CC[C@@H](C)C[C@@H](C)C1. The Morgan fingerprint density at radius 3 is 2.62 bits per heavy atom. The first-order valence-corrected chi connectivity index (χ1v) is 8.83. The van der Waals surface area contributed by atoms with Crippen LogP contribution in [-0.4, -0.2) is 40.1 Å². The van der Waals surface area contributed by atoms with Crippen LogP contribution >= 0.6 is 11.8 Å². The summed E-state index contributed by atoms with van der Waals surface area (Å²) in [6.07, 6.45) is 4.24. The van der Waals surface area contributed by atoms with Crippen molar-refractivity contribution in [3.05, 3.63) is 17.1 Å². The minimum absolute atomic E-state index is 0.0952. The van der Waals surface area contributed by atoms with E-state index in [0.717, 1.165) is 36.1 Å². The number of carbonyl (C=O) groups is 1. The molecule has 21 heavy (non-hydrogen) atoms. The summed E-state index contributed by atoms with van der Waals surface area (Å²) >= 11 is 1.52. The van der Waals surface area contributed by atoms with E-state index in [2.05, 4.69) is 23.8 Å². The molecule has 0 spiro atoms. The predicted molar refractivity (Wildman–Crippen MR) is 86.8 cm³/mol. The number of thioether (sulfide) groups is 1. The third-order valence-corrected chi connectivity index (χ3v) is 4.77. The van der Waals surface area contributed by atoms with E-state index in [-0.39, 0.29) is 5.91 Å². The summed E-state index contributed by atoms with van der Waals surface area (Å²) in [5.74, 6) is 2.06. The van der Waals surface area contributed by atoms with Crippen LogP contribution in [0.25, 0.3) is 0 Å². The molecule has 0 aliphatic carbocycles. The molecule has 0 bridgehead atoms. The summed E-state index contributed by atoms with van der Waals surface area (Å²) in [4.78, 5) is 23.8. The third-order valence-electron chi connectivity index (χ3n) is 4.09. The molecule has 1 amide bonds. The molecule has 1 aliphatic rings. The van der Waals surface area contributed by atoms with Gasteiger partial charge in [-0.15, -0.1) is 11.8 Å². The highest BCUT2D eigenvalue weighted by Gasteiger charge is 2.27. The molecule has 1 aliphatic heterocycles. The zero-order valence-corrected chi connectivity index (χ0v) is 14.5. The van der Waals surface area contributed by atoms with E-state index in [4.69, 9.17) is 0 Å². The maximum atomic E-state index is 12.9. The first-order chi connectivity index (χ1) is 9.92. The predicted octanol–water partition coefficient (Wildman–Crippen LogP) is 3.32. The number of aromatic nitrogens is 2. The van der Waals surface area contributed by atoms with Gasteiger partial charge >= 0.3 is 0 Å².